The number of thiophene rings is 1. The number of amides is 1. The van der Waals surface area contributed by atoms with Gasteiger partial charge in [-0.05, 0) is 67.8 Å². The van der Waals surface area contributed by atoms with Crippen LogP contribution in [0.2, 0.25) is 0 Å². The maximum absolute atomic E-state index is 14.2. The van der Waals surface area contributed by atoms with Crippen molar-refractivity contribution < 1.29 is 18.3 Å². The molecule has 0 spiro atoms. The number of nitrogens with zero attached hydrogens (tertiary/aromatic N) is 4. The van der Waals surface area contributed by atoms with Crippen molar-refractivity contribution in [2.24, 2.45) is 0 Å². The Morgan fingerprint density at radius 1 is 1.09 bits per heavy atom. The van der Waals surface area contributed by atoms with Gasteiger partial charge in [0, 0.05) is 54.4 Å². The number of fused-ring (bicyclic) bond motifs is 2. The van der Waals surface area contributed by atoms with Crippen LogP contribution in [0.3, 0.4) is 0 Å². The lowest BCUT2D eigenvalue weighted by molar-refractivity contribution is 0.0646. The predicted octanol–water partition coefficient (Wildman–Crippen LogP) is 6.84. The molecule has 5 aromatic rings. The zero-order chi connectivity index (χ0) is 30.0. The molecule has 7 rings (SSSR count). The number of carbonyl (C=O) groups excluding carboxylic acids is 1. The third-order valence-electron chi connectivity index (χ3n) is 8.04. The summed E-state index contributed by atoms with van der Waals surface area (Å²) in [5.74, 6) is 6.34. The minimum Gasteiger partial charge on any atom is -0.445 e. The first-order valence-electron chi connectivity index (χ1n) is 14.7. The SMILES string of the molecule is Cl.O=C(OC1CNC(C#Cc2cc3ncnc(Nc4ccc5c(ccn5Cc5cc(F)ccc5F)c4)c3s2)C1)N1CCCCC1. The second-order valence-corrected chi connectivity index (χ2v) is 12.2. The van der Waals surface area contributed by atoms with Crippen LogP contribution in [0.25, 0.3) is 21.1 Å². The van der Waals surface area contributed by atoms with Crippen LogP contribution < -0.4 is 10.6 Å². The highest BCUT2D eigenvalue weighted by Crippen LogP contribution is 2.32. The molecule has 8 nitrogen and oxygen atoms in total. The van der Waals surface area contributed by atoms with Gasteiger partial charge < -0.3 is 19.5 Å². The quantitative estimate of drug-likeness (QED) is 0.203. The van der Waals surface area contributed by atoms with Crippen LogP contribution in [-0.2, 0) is 11.3 Å². The van der Waals surface area contributed by atoms with E-state index in [1.165, 1.54) is 30.2 Å². The maximum atomic E-state index is 14.2. The van der Waals surface area contributed by atoms with Gasteiger partial charge in [0.1, 0.15) is 24.1 Å². The standard InChI is InChI=1S/C33H30F2N6O2S.ClH/c34-23-4-8-28(35)22(14-23)19-41-13-10-21-15-25(6-9-30(21)41)39-32-31-29(37-20-38-32)17-27(44-31)7-5-24-16-26(18-36-24)43-33(42)40-11-2-1-3-12-40;/h4,6,8-10,13-15,17,20,24,26,36H,1-3,11-12,16,18-19H2,(H,37,38,39);1H. The first-order valence-corrected chi connectivity index (χ1v) is 15.5. The molecule has 2 aliphatic rings. The lowest BCUT2D eigenvalue weighted by atomic mass is 10.1. The number of piperidine rings is 1. The molecule has 2 N–H and O–H groups in total. The molecule has 12 heteroatoms. The molecule has 2 aliphatic heterocycles. The van der Waals surface area contributed by atoms with Crippen LogP contribution >= 0.6 is 23.7 Å². The molecule has 2 aromatic carbocycles. The Bertz CT molecular complexity index is 1910. The summed E-state index contributed by atoms with van der Waals surface area (Å²) in [4.78, 5) is 24.0. The van der Waals surface area contributed by atoms with Crippen molar-refractivity contribution in [3.05, 3.63) is 83.1 Å². The van der Waals surface area contributed by atoms with E-state index >= 15 is 0 Å². The first kappa shape index (κ1) is 30.8. The van der Waals surface area contributed by atoms with Crippen LogP contribution in [0.5, 0.6) is 0 Å². The van der Waals surface area contributed by atoms with Crippen molar-refractivity contribution in [2.45, 2.75) is 44.4 Å². The second-order valence-electron chi connectivity index (χ2n) is 11.1. The summed E-state index contributed by atoms with van der Waals surface area (Å²) in [6.07, 6.45) is 6.90. The molecule has 2 saturated heterocycles. The lowest BCUT2D eigenvalue weighted by Gasteiger charge is -2.27. The van der Waals surface area contributed by atoms with Gasteiger partial charge in [0.15, 0.2) is 5.82 Å². The minimum atomic E-state index is -0.460. The lowest BCUT2D eigenvalue weighted by Crippen LogP contribution is -2.38. The number of anilines is 2. The second kappa shape index (κ2) is 13.4. The van der Waals surface area contributed by atoms with Crippen molar-refractivity contribution in [3.8, 4) is 11.8 Å². The molecule has 5 heterocycles. The fourth-order valence-electron chi connectivity index (χ4n) is 5.76. The van der Waals surface area contributed by atoms with E-state index in [1.807, 2.05) is 41.1 Å². The Morgan fingerprint density at radius 2 is 1.96 bits per heavy atom. The molecule has 0 bridgehead atoms. The van der Waals surface area contributed by atoms with Crippen molar-refractivity contribution in [2.75, 3.05) is 25.0 Å². The summed E-state index contributed by atoms with van der Waals surface area (Å²) in [6, 6.07) is 13.2. The highest BCUT2D eigenvalue weighted by molar-refractivity contribution is 7.20. The van der Waals surface area contributed by atoms with Crippen molar-refractivity contribution in [1.82, 2.24) is 24.8 Å². The fourth-order valence-corrected chi connectivity index (χ4v) is 6.68. The number of benzene rings is 2. The molecule has 0 saturated carbocycles. The minimum absolute atomic E-state index is 0. The molecule has 0 aliphatic carbocycles. The molecule has 232 valence electrons. The molecule has 1 amide bonds. The molecule has 2 fully saturated rings. The zero-order valence-corrected chi connectivity index (χ0v) is 25.9. The number of nitrogens with one attached hydrogen (secondary N) is 2. The van der Waals surface area contributed by atoms with Crippen LogP contribution in [-0.4, -0.2) is 57.3 Å². The average Bonchev–Trinajstić information content (AvgIpc) is 3.77. The van der Waals surface area contributed by atoms with E-state index in [0.29, 0.717) is 24.3 Å². The Kier molecular flexibility index (Phi) is 9.16. The van der Waals surface area contributed by atoms with Gasteiger partial charge in [-0.2, -0.15) is 0 Å². The molecular formula is C33H31ClF2N6O2S. The van der Waals surface area contributed by atoms with E-state index < -0.39 is 11.6 Å². The number of likely N-dealkylation sites (tertiary alicyclic amines) is 1. The van der Waals surface area contributed by atoms with E-state index in [2.05, 4.69) is 32.4 Å². The van der Waals surface area contributed by atoms with Gasteiger partial charge in [-0.25, -0.2) is 23.5 Å². The third-order valence-corrected chi connectivity index (χ3v) is 9.08. The van der Waals surface area contributed by atoms with Gasteiger partial charge in [-0.15, -0.1) is 23.7 Å². The van der Waals surface area contributed by atoms with Gasteiger partial charge in [0.2, 0.25) is 0 Å². The number of hydrogen-bond donors (Lipinski definition) is 2. The predicted molar refractivity (Wildman–Crippen MR) is 174 cm³/mol. The largest absolute Gasteiger partial charge is 0.445 e. The fraction of sp³-hybridized carbons (Fsp3) is 0.303. The summed E-state index contributed by atoms with van der Waals surface area (Å²) < 4.78 is 36.4. The van der Waals surface area contributed by atoms with Crippen molar-refractivity contribution in [3.63, 3.8) is 0 Å². The van der Waals surface area contributed by atoms with Crippen molar-refractivity contribution in [1.29, 1.82) is 0 Å². The average molecular weight is 649 g/mol. The number of halogens is 3. The summed E-state index contributed by atoms with van der Waals surface area (Å²) >= 11 is 1.52. The van der Waals surface area contributed by atoms with E-state index in [1.54, 1.807) is 4.90 Å². The first-order chi connectivity index (χ1) is 21.5. The van der Waals surface area contributed by atoms with E-state index in [4.69, 9.17) is 4.74 Å². The molecule has 3 aromatic heterocycles. The molecule has 0 radical (unpaired) electrons. The number of carbonyl (C=O) groups is 1. The highest BCUT2D eigenvalue weighted by Gasteiger charge is 2.28. The van der Waals surface area contributed by atoms with Crippen LogP contribution in [0, 0.1) is 23.5 Å². The van der Waals surface area contributed by atoms with Gasteiger partial charge in [0.05, 0.1) is 27.7 Å². The van der Waals surface area contributed by atoms with E-state index in [9.17, 15) is 13.6 Å². The van der Waals surface area contributed by atoms with Gasteiger partial charge in [-0.1, -0.05) is 11.8 Å². The van der Waals surface area contributed by atoms with E-state index in [0.717, 1.165) is 69.7 Å². The molecule has 2 atom stereocenters. The van der Waals surface area contributed by atoms with Crippen LogP contribution in [0.15, 0.2) is 61.1 Å². The zero-order valence-electron chi connectivity index (χ0n) is 24.3. The number of ether oxygens (including phenoxy) is 1. The highest BCUT2D eigenvalue weighted by atomic mass is 35.5. The monoisotopic (exact) mass is 648 g/mol. The van der Waals surface area contributed by atoms with Gasteiger partial charge >= 0.3 is 6.09 Å². The number of hydrogen-bond acceptors (Lipinski definition) is 7. The Hall–Kier alpha value is -4.24. The topological polar surface area (TPSA) is 84.3 Å². The van der Waals surface area contributed by atoms with Gasteiger partial charge in [-0.3, -0.25) is 5.32 Å². The molecular weight excluding hydrogens is 618 g/mol. The summed E-state index contributed by atoms with van der Waals surface area (Å²) in [5, 5.41) is 7.72. The summed E-state index contributed by atoms with van der Waals surface area (Å²) in [6.45, 7) is 2.37. The van der Waals surface area contributed by atoms with Crippen molar-refractivity contribution >= 4 is 62.5 Å². The Labute approximate surface area is 269 Å². The van der Waals surface area contributed by atoms with E-state index in [-0.39, 0.29) is 37.2 Å². The maximum Gasteiger partial charge on any atom is 0.410 e. The third kappa shape index (κ3) is 6.88. The summed E-state index contributed by atoms with van der Waals surface area (Å²) in [7, 11) is 0. The van der Waals surface area contributed by atoms with Gasteiger partial charge in [0.25, 0.3) is 0 Å². The normalized spacial score (nSPS) is 18.0. The Morgan fingerprint density at radius 3 is 2.82 bits per heavy atom. The smallest absolute Gasteiger partial charge is 0.410 e. The number of rotatable bonds is 5. The van der Waals surface area contributed by atoms with Crippen LogP contribution in [0.4, 0.5) is 25.1 Å². The van der Waals surface area contributed by atoms with Crippen LogP contribution in [0.1, 0.15) is 36.1 Å². The molecule has 45 heavy (non-hydrogen) atoms. The summed E-state index contributed by atoms with van der Waals surface area (Å²) in [5.41, 5.74) is 2.84. The number of aromatic nitrogens is 3. The molecule has 2 unspecified atom stereocenters. The Balaban J connectivity index is 0.00000357.